The molecule has 3 heterocycles. The highest BCUT2D eigenvalue weighted by Gasteiger charge is 2.23. The van der Waals surface area contributed by atoms with Crippen LogP contribution in [0, 0.1) is 0 Å². The van der Waals surface area contributed by atoms with Crippen LogP contribution in [0.5, 0.6) is 11.5 Å². The highest BCUT2D eigenvalue weighted by molar-refractivity contribution is 8.00. The minimum absolute atomic E-state index is 0.526. The molecule has 154 valence electrons. The van der Waals surface area contributed by atoms with Crippen LogP contribution in [-0.2, 0) is 6.42 Å². The van der Waals surface area contributed by atoms with E-state index in [1.165, 1.54) is 18.3 Å². The van der Waals surface area contributed by atoms with Gasteiger partial charge < -0.3 is 13.9 Å². The van der Waals surface area contributed by atoms with Crippen molar-refractivity contribution in [3.8, 4) is 28.8 Å². The molecule has 0 unspecified atom stereocenters. The van der Waals surface area contributed by atoms with E-state index in [4.69, 9.17) is 13.9 Å². The van der Waals surface area contributed by atoms with Crippen molar-refractivity contribution in [3.05, 3.63) is 60.9 Å². The van der Waals surface area contributed by atoms with Gasteiger partial charge in [0.1, 0.15) is 23.5 Å². The predicted octanol–water partition coefficient (Wildman–Crippen LogP) is 3.64. The molecule has 3 aromatic heterocycles. The number of nitrogens with zero attached hydrogens (tertiary/aromatic N) is 5. The molecule has 0 amide bonds. The van der Waals surface area contributed by atoms with Crippen molar-refractivity contribution >= 4 is 17.9 Å². The highest BCUT2D eigenvalue weighted by Crippen LogP contribution is 2.37. The van der Waals surface area contributed by atoms with Gasteiger partial charge in [0.05, 0.1) is 20.5 Å². The van der Waals surface area contributed by atoms with Crippen LogP contribution in [0.1, 0.15) is 5.56 Å². The Morgan fingerprint density at radius 1 is 1.03 bits per heavy atom. The Kier molecular flexibility index (Phi) is 6.14. The summed E-state index contributed by atoms with van der Waals surface area (Å²) >= 11 is 1.51. The third-order valence-corrected chi connectivity index (χ3v) is 5.04. The molecule has 0 aliphatic heterocycles. The van der Waals surface area contributed by atoms with Crippen molar-refractivity contribution in [2.24, 2.45) is 0 Å². The molecule has 0 saturated carbocycles. The molecule has 0 bridgehead atoms. The molecule has 9 nitrogen and oxygen atoms in total. The molecular weight excluding hydrogens is 404 g/mol. The van der Waals surface area contributed by atoms with Gasteiger partial charge in [0.2, 0.25) is 11.8 Å². The molecule has 0 aliphatic carbocycles. The standard InChI is InChI=1S/C20H20N6O3S/c1-27-15-5-3-6-16(28-2)18(15)26-19(17-7-4-9-29-17)23-24-20(26)25-30-10-8-14-11-21-13-22-12-14/h3-7,9,11-13H,8,10H2,1-2H3,(H,24,25). The Morgan fingerprint density at radius 3 is 2.47 bits per heavy atom. The molecule has 0 radical (unpaired) electrons. The topological polar surface area (TPSA) is 100 Å². The number of para-hydroxylation sites is 1. The lowest BCUT2D eigenvalue weighted by atomic mass is 10.2. The Balaban J connectivity index is 1.66. The lowest BCUT2D eigenvalue weighted by molar-refractivity contribution is 0.391. The number of nitrogens with one attached hydrogen (secondary N) is 1. The minimum Gasteiger partial charge on any atom is -0.494 e. The van der Waals surface area contributed by atoms with E-state index in [1.54, 1.807) is 26.5 Å². The molecule has 4 aromatic rings. The summed E-state index contributed by atoms with van der Waals surface area (Å²) in [5.74, 6) is 3.67. The lowest BCUT2D eigenvalue weighted by Crippen LogP contribution is -2.07. The number of furan rings is 1. The first-order chi connectivity index (χ1) is 14.8. The first kappa shape index (κ1) is 19.8. The van der Waals surface area contributed by atoms with Gasteiger partial charge in [-0.1, -0.05) is 6.07 Å². The second-order valence-corrected chi connectivity index (χ2v) is 7.02. The van der Waals surface area contributed by atoms with E-state index >= 15 is 0 Å². The average molecular weight is 424 g/mol. The second kappa shape index (κ2) is 9.31. The van der Waals surface area contributed by atoms with Gasteiger partial charge in [0.15, 0.2) is 5.76 Å². The van der Waals surface area contributed by atoms with E-state index in [1.807, 2.05) is 41.2 Å². The van der Waals surface area contributed by atoms with E-state index in [-0.39, 0.29) is 0 Å². The van der Waals surface area contributed by atoms with Gasteiger partial charge in [-0.2, -0.15) is 0 Å². The third-order valence-electron chi connectivity index (χ3n) is 4.30. The Hall–Kier alpha value is -3.53. The van der Waals surface area contributed by atoms with Crippen LogP contribution in [0.3, 0.4) is 0 Å². The fourth-order valence-electron chi connectivity index (χ4n) is 2.92. The summed E-state index contributed by atoms with van der Waals surface area (Å²) in [6.45, 7) is 0. The molecule has 10 heteroatoms. The molecule has 1 N–H and O–H groups in total. The molecular formula is C20H20N6O3S. The Bertz CT molecular complexity index is 1060. The first-order valence-electron chi connectivity index (χ1n) is 9.14. The summed E-state index contributed by atoms with van der Waals surface area (Å²) in [5, 5.41) is 8.66. The summed E-state index contributed by atoms with van der Waals surface area (Å²) in [6, 6.07) is 9.21. The van der Waals surface area contributed by atoms with Crippen LogP contribution in [0.15, 0.2) is 59.7 Å². The maximum Gasteiger partial charge on any atom is 0.239 e. The zero-order valence-electron chi connectivity index (χ0n) is 16.5. The monoisotopic (exact) mass is 424 g/mol. The summed E-state index contributed by atoms with van der Waals surface area (Å²) < 4.78 is 21.9. The normalized spacial score (nSPS) is 10.7. The average Bonchev–Trinajstić information content (AvgIpc) is 3.46. The summed E-state index contributed by atoms with van der Waals surface area (Å²) in [4.78, 5) is 8.08. The Morgan fingerprint density at radius 2 is 1.80 bits per heavy atom. The van der Waals surface area contributed by atoms with Gasteiger partial charge in [-0.3, -0.25) is 9.29 Å². The molecule has 0 saturated heterocycles. The van der Waals surface area contributed by atoms with Crippen molar-refractivity contribution in [1.82, 2.24) is 24.7 Å². The van der Waals surface area contributed by atoms with Crippen molar-refractivity contribution < 1.29 is 13.9 Å². The molecule has 4 rings (SSSR count). The van der Waals surface area contributed by atoms with Crippen LogP contribution >= 0.6 is 11.9 Å². The zero-order valence-corrected chi connectivity index (χ0v) is 17.3. The highest BCUT2D eigenvalue weighted by atomic mass is 32.2. The van der Waals surface area contributed by atoms with E-state index in [0.717, 1.165) is 17.7 Å². The molecule has 0 aliphatic rings. The van der Waals surface area contributed by atoms with Crippen molar-refractivity contribution in [3.63, 3.8) is 0 Å². The maximum atomic E-state index is 5.59. The van der Waals surface area contributed by atoms with Crippen LogP contribution in [0.2, 0.25) is 0 Å². The summed E-state index contributed by atoms with van der Waals surface area (Å²) in [6.07, 6.45) is 7.55. The molecule has 0 atom stereocenters. The van der Waals surface area contributed by atoms with Crippen LogP contribution < -0.4 is 14.2 Å². The number of benzene rings is 1. The van der Waals surface area contributed by atoms with Gasteiger partial charge in [-0.25, -0.2) is 9.97 Å². The summed E-state index contributed by atoms with van der Waals surface area (Å²) in [5.41, 5.74) is 1.74. The first-order valence-corrected chi connectivity index (χ1v) is 10.1. The number of hydrogen-bond acceptors (Lipinski definition) is 9. The van der Waals surface area contributed by atoms with Gasteiger partial charge in [-0.05, 0) is 48.2 Å². The summed E-state index contributed by atoms with van der Waals surface area (Å²) in [7, 11) is 3.22. The lowest BCUT2D eigenvalue weighted by Gasteiger charge is -2.16. The van der Waals surface area contributed by atoms with Gasteiger partial charge >= 0.3 is 0 Å². The largest absolute Gasteiger partial charge is 0.494 e. The fourth-order valence-corrected chi connectivity index (χ4v) is 3.62. The van der Waals surface area contributed by atoms with E-state index < -0.39 is 0 Å². The number of anilines is 1. The quantitative estimate of drug-likeness (QED) is 0.319. The Labute approximate surface area is 177 Å². The zero-order chi connectivity index (χ0) is 20.8. The van der Waals surface area contributed by atoms with Crippen molar-refractivity contribution in [1.29, 1.82) is 0 Å². The minimum atomic E-state index is 0.526. The molecule has 1 aromatic carbocycles. The predicted molar refractivity (Wildman–Crippen MR) is 114 cm³/mol. The number of aromatic nitrogens is 5. The van der Waals surface area contributed by atoms with Gasteiger partial charge in [0.25, 0.3) is 0 Å². The van der Waals surface area contributed by atoms with E-state index in [0.29, 0.717) is 34.7 Å². The number of methoxy groups -OCH3 is 2. The van der Waals surface area contributed by atoms with Gasteiger partial charge in [0, 0.05) is 18.1 Å². The van der Waals surface area contributed by atoms with Crippen LogP contribution in [0.25, 0.3) is 17.3 Å². The molecule has 30 heavy (non-hydrogen) atoms. The number of ether oxygens (including phenoxy) is 2. The van der Waals surface area contributed by atoms with Crippen molar-refractivity contribution in [2.45, 2.75) is 6.42 Å². The van der Waals surface area contributed by atoms with Crippen LogP contribution in [0.4, 0.5) is 5.95 Å². The second-order valence-electron chi connectivity index (χ2n) is 6.12. The fraction of sp³-hybridized carbons (Fsp3) is 0.200. The van der Waals surface area contributed by atoms with Crippen LogP contribution in [-0.4, -0.2) is 44.7 Å². The number of aryl methyl sites for hydroxylation is 1. The van der Waals surface area contributed by atoms with E-state index in [2.05, 4.69) is 24.9 Å². The smallest absolute Gasteiger partial charge is 0.239 e. The molecule has 0 fully saturated rings. The number of rotatable bonds is 9. The van der Waals surface area contributed by atoms with Gasteiger partial charge in [-0.15, -0.1) is 10.2 Å². The SMILES string of the molecule is COc1cccc(OC)c1-n1c(NSCCc2cncnc2)nnc1-c1ccco1. The number of hydrogen-bond donors (Lipinski definition) is 1. The molecule has 0 spiro atoms. The third kappa shape index (κ3) is 4.08. The van der Waals surface area contributed by atoms with Crippen molar-refractivity contribution in [2.75, 3.05) is 24.7 Å². The maximum absolute atomic E-state index is 5.59. The van der Waals surface area contributed by atoms with E-state index in [9.17, 15) is 0 Å².